The van der Waals surface area contributed by atoms with Gasteiger partial charge in [-0.3, -0.25) is 4.79 Å². The molecular weight excluding hydrogens is 306 g/mol. The molecule has 1 aliphatic heterocycles. The molecule has 2 aromatic rings. The molecule has 0 radical (unpaired) electrons. The van der Waals surface area contributed by atoms with Crippen molar-refractivity contribution in [2.75, 3.05) is 6.54 Å². The second-order valence-corrected chi connectivity index (χ2v) is 5.80. The number of esters is 1. The summed E-state index contributed by atoms with van der Waals surface area (Å²) in [4.78, 5) is 24.1. The van der Waals surface area contributed by atoms with E-state index in [2.05, 4.69) is 5.32 Å². The van der Waals surface area contributed by atoms with Gasteiger partial charge in [0.1, 0.15) is 5.75 Å². The van der Waals surface area contributed by atoms with Crippen molar-refractivity contribution in [2.45, 2.75) is 25.4 Å². The monoisotopic (exact) mass is 325 g/mol. The Kier molecular flexibility index (Phi) is 4.79. The highest BCUT2D eigenvalue weighted by Crippen LogP contribution is 2.22. The van der Waals surface area contributed by atoms with Gasteiger partial charge in [0.25, 0.3) is 5.91 Å². The number of phenols is 1. The minimum Gasteiger partial charge on any atom is -0.508 e. The van der Waals surface area contributed by atoms with Crippen molar-refractivity contribution in [1.82, 2.24) is 5.32 Å². The van der Waals surface area contributed by atoms with E-state index in [1.54, 1.807) is 36.4 Å². The molecule has 1 fully saturated rings. The van der Waals surface area contributed by atoms with E-state index < -0.39 is 12.1 Å². The lowest BCUT2D eigenvalue weighted by molar-refractivity contribution is -0.129. The normalized spacial score (nSPS) is 17.7. The van der Waals surface area contributed by atoms with E-state index in [0.29, 0.717) is 18.5 Å². The van der Waals surface area contributed by atoms with Crippen molar-refractivity contribution >= 4 is 11.9 Å². The highest BCUT2D eigenvalue weighted by Gasteiger charge is 2.24. The van der Waals surface area contributed by atoms with Crippen LogP contribution in [0, 0.1) is 0 Å². The van der Waals surface area contributed by atoms with Gasteiger partial charge >= 0.3 is 5.97 Å². The van der Waals surface area contributed by atoms with Gasteiger partial charge in [0.15, 0.2) is 6.10 Å². The average molecular weight is 325 g/mol. The maximum absolute atomic E-state index is 12.2. The van der Waals surface area contributed by atoms with Crippen LogP contribution in [0.5, 0.6) is 5.75 Å². The Bertz CT molecular complexity index is 722. The van der Waals surface area contributed by atoms with Crippen LogP contribution in [0.3, 0.4) is 0 Å². The van der Waals surface area contributed by atoms with Crippen LogP contribution in [0.4, 0.5) is 0 Å². The fourth-order valence-corrected chi connectivity index (χ4v) is 2.67. The zero-order valence-electron chi connectivity index (χ0n) is 13.2. The molecular formula is C19H19NO4. The highest BCUT2D eigenvalue weighted by atomic mass is 16.5. The van der Waals surface area contributed by atoms with Gasteiger partial charge in [-0.05, 0) is 54.7 Å². The first kappa shape index (κ1) is 16.1. The fraction of sp³-hybridized carbons (Fsp3) is 0.263. The van der Waals surface area contributed by atoms with Gasteiger partial charge in [-0.2, -0.15) is 0 Å². The minimum absolute atomic E-state index is 0.209. The molecule has 0 aromatic heterocycles. The number of phenolic OH excluding ortho intramolecular Hbond substituents is 1. The maximum Gasteiger partial charge on any atom is 0.338 e. The summed E-state index contributed by atoms with van der Waals surface area (Å²) >= 11 is 0. The van der Waals surface area contributed by atoms with Crippen LogP contribution in [-0.2, 0) is 9.53 Å². The van der Waals surface area contributed by atoms with Crippen LogP contribution in [0.1, 0.15) is 29.6 Å². The molecule has 1 heterocycles. The quantitative estimate of drug-likeness (QED) is 0.851. The molecule has 1 amide bonds. The first-order valence-corrected chi connectivity index (χ1v) is 8.01. The van der Waals surface area contributed by atoms with E-state index in [-0.39, 0.29) is 11.7 Å². The third kappa shape index (κ3) is 3.74. The van der Waals surface area contributed by atoms with Crippen LogP contribution >= 0.6 is 0 Å². The number of hydrogen-bond donors (Lipinski definition) is 2. The summed E-state index contributed by atoms with van der Waals surface area (Å²) < 4.78 is 5.35. The van der Waals surface area contributed by atoms with Gasteiger partial charge in [0.2, 0.25) is 0 Å². The molecule has 124 valence electrons. The van der Waals surface area contributed by atoms with E-state index in [1.165, 1.54) is 0 Å². The van der Waals surface area contributed by atoms with Crippen LogP contribution in [0.2, 0.25) is 0 Å². The Morgan fingerprint density at radius 1 is 1.00 bits per heavy atom. The van der Waals surface area contributed by atoms with Gasteiger partial charge in [0, 0.05) is 6.54 Å². The molecule has 5 nitrogen and oxygen atoms in total. The van der Waals surface area contributed by atoms with Crippen LogP contribution in [0.25, 0.3) is 11.1 Å². The first-order chi connectivity index (χ1) is 11.6. The van der Waals surface area contributed by atoms with Crippen molar-refractivity contribution < 1.29 is 19.4 Å². The number of carbonyl (C=O) groups excluding carboxylic acids is 2. The predicted octanol–water partition coefficient (Wildman–Crippen LogP) is 2.88. The molecule has 1 unspecified atom stereocenters. The minimum atomic E-state index is -0.711. The molecule has 0 aliphatic carbocycles. The third-order valence-corrected chi connectivity index (χ3v) is 4.06. The molecule has 0 bridgehead atoms. The summed E-state index contributed by atoms with van der Waals surface area (Å²) in [6.07, 6.45) is 1.61. The van der Waals surface area contributed by atoms with E-state index in [0.717, 1.165) is 24.0 Å². The van der Waals surface area contributed by atoms with Crippen molar-refractivity contribution in [3.05, 3.63) is 54.1 Å². The van der Waals surface area contributed by atoms with Gasteiger partial charge in [0.05, 0.1) is 5.56 Å². The SMILES string of the molecule is O=C(OC1CCCCNC1=O)c1ccc(-c2ccc(O)cc2)cc1. The molecule has 24 heavy (non-hydrogen) atoms. The Morgan fingerprint density at radius 3 is 2.29 bits per heavy atom. The van der Waals surface area contributed by atoms with Gasteiger partial charge in [-0.1, -0.05) is 24.3 Å². The summed E-state index contributed by atoms with van der Waals surface area (Å²) in [7, 11) is 0. The standard InChI is InChI=1S/C19H19NO4/c21-16-10-8-14(9-11-16)13-4-6-15(7-5-13)19(23)24-17-3-1-2-12-20-18(17)22/h4-11,17,21H,1-3,12H2,(H,20,22). The number of aromatic hydroxyl groups is 1. The van der Waals surface area contributed by atoms with Crippen molar-refractivity contribution in [3.8, 4) is 16.9 Å². The molecule has 1 atom stereocenters. The molecule has 3 rings (SSSR count). The van der Waals surface area contributed by atoms with E-state index in [1.807, 2.05) is 12.1 Å². The lowest BCUT2D eigenvalue weighted by Gasteiger charge is -2.14. The van der Waals surface area contributed by atoms with Crippen LogP contribution in [0.15, 0.2) is 48.5 Å². The van der Waals surface area contributed by atoms with Crippen molar-refractivity contribution in [3.63, 3.8) is 0 Å². The smallest absolute Gasteiger partial charge is 0.338 e. The molecule has 1 saturated heterocycles. The molecule has 0 saturated carbocycles. The number of ether oxygens (including phenoxy) is 1. The number of hydrogen-bond acceptors (Lipinski definition) is 4. The Hall–Kier alpha value is -2.82. The highest BCUT2D eigenvalue weighted by molar-refractivity contribution is 5.92. The van der Waals surface area contributed by atoms with E-state index >= 15 is 0 Å². The summed E-state index contributed by atoms with van der Waals surface area (Å²) in [5.74, 6) is -0.503. The summed E-state index contributed by atoms with van der Waals surface area (Å²) in [5.41, 5.74) is 2.28. The molecule has 1 aliphatic rings. The van der Waals surface area contributed by atoms with Gasteiger partial charge in [-0.25, -0.2) is 4.79 Å². The third-order valence-electron chi connectivity index (χ3n) is 4.06. The van der Waals surface area contributed by atoms with Crippen LogP contribution < -0.4 is 5.32 Å². The topological polar surface area (TPSA) is 75.6 Å². The van der Waals surface area contributed by atoms with Gasteiger partial charge < -0.3 is 15.2 Å². The lowest BCUT2D eigenvalue weighted by Crippen LogP contribution is -2.36. The first-order valence-electron chi connectivity index (χ1n) is 8.01. The summed E-state index contributed by atoms with van der Waals surface area (Å²) in [6.45, 7) is 0.633. The summed E-state index contributed by atoms with van der Waals surface area (Å²) in [6, 6.07) is 13.8. The van der Waals surface area contributed by atoms with Gasteiger partial charge in [-0.15, -0.1) is 0 Å². The predicted molar refractivity (Wildman–Crippen MR) is 89.6 cm³/mol. The fourth-order valence-electron chi connectivity index (χ4n) is 2.67. The molecule has 2 aromatic carbocycles. The Morgan fingerprint density at radius 2 is 1.62 bits per heavy atom. The Balaban J connectivity index is 1.69. The number of rotatable bonds is 3. The zero-order chi connectivity index (χ0) is 16.9. The molecule has 0 spiro atoms. The number of amides is 1. The number of carbonyl (C=O) groups is 2. The zero-order valence-corrected chi connectivity index (χ0v) is 13.2. The number of nitrogens with one attached hydrogen (secondary N) is 1. The second kappa shape index (κ2) is 7.17. The molecule has 2 N–H and O–H groups in total. The Labute approximate surface area is 140 Å². The maximum atomic E-state index is 12.2. The lowest BCUT2D eigenvalue weighted by atomic mass is 10.0. The van der Waals surface area contributed by atoms with Crippen LogP contribution in [-0.4, -0.2) is 29.6 Å². The number of benzene rings is 2. The largest absolute Gasteiger partial charge is 0.508 e. The summed E-state index contributed by atoms with van der Waals surface area (Å²) in [5, 5.41) is 12.1. The van der Waals surface area contributed by atoms with Crippen molar-refractivity contribution in [1.29, 1.82) is 0 Å². The van der Waals surface area contributed by atoms with E-state index in [9.17, 15) is 14.7 Å². The second-order valence-electron chi connectivity index (χ2n) is 5.80. The average Bonchev–Trinajstić information content (AvgIpc) is 2.80. The van der Waals surface area contributed by atoms with E-state index in [4.69, 9.17) is 4.74 Å². The van der Waals surface area contributed by atoms with Crippen molar-refractivity contribution in [2.24, 2.45) is 0 Å². The molecule has 5 heteroatoms.